The smallest absolute Gasteiger partial charge is 0.402 e. The van der Waals surface area contributed by atoms with Crippen molar-refractivity contribution in [1.82, 2.24) is 4.90 Å². The van der Waals surface area contributed by atoms with Crippen LogP contribution in [0, 0.1) is 0 Å². The van der Waals surface area contributed by atoms with Crippen LogP contribution in [0.2, 0.25) is 0 Å². The molecule has 4 N–H and O–H groups in total. The van der Waals surface area contributed by atoms with E-state index in [2.05, 4.69) is 0 Å². The van der Waals surface area contributed by atoms with Crippen LogP contribution in [0.1, 0.15) is 12.8 Å². The molecule has 2 heterocycles. The molecule has 0 aliphatic carbocycles. The van der Waals surface area contributed by atoms with Crippen LogP contribution in [0.3, 0.4) is 0 Å². The Bertz CT molecular complexity index is 1230. The highest BCUT2D eigenvalue weighted by molar-refractivity contribution is 6.12. The molecule has 0 radical (unpaired) electrons. The van der Waals surface area contributed by atoms with E-state index in [1.165, 1.54) is 42.5 Å². The van der Waals surface area contributed by atoms with Gasteiger partial charge in [0.05, 0.1) is 18.2 Å². The van der Waals surface area contributed by atoms with Crippen molar-refractivity contribution in [2.75, 3.05) is 13.2 Å². The van der Waals surface area contributed by atoms with Gasteiger partial charge in [0.25, 0.3) is 11.8 Å². The fourth-order valence-corrected chi connectivity index (χ4v) is 3.36. The number of carbonyl (C=O) groups is 2. The fraction of sp³-hybridized carbons (Fsp3) is 0.174. The second-order valence-corrected chi connectivity index (χ2v) is 7.24. The minimum atomic E-state index is -0.351. The van der Waals surface area contributed by atoms with Crippen LogP contribution >= 0.6 is 0 Å². The van der Waals surface area contributed by atoms with Gasteiger partial charge in [-0.15, -0.1) is 0 Å². The molecule has 0 spiro atoms. The first-order valence-corrected chi connectivity index (χ1v) is 9.85. The van der Waals surface area contributed by atoms with Crippen molar-refractivity contribution in [2.24, 2.45) is 0 Å². The van der Waals surface area contributed by atoms with Crippen LogP contribution in [-0.2, 0) is 9.59 Å². The molecule has 9 heteroatoms. The molecule has 0 bridgehead atoms. The number of phenolic OH excluding ortho intramolecular Hbond substituents is 4. The number of ether oxygens (including phenoxy) is 1. The van der Waals surface area contributed by atoms with E-state index in [0.717, 1.165) is 4.90 Å². The van der Waals surface area contributed by atoms with Crippen LogP contribution in [0.4, 0.5) is 0 Å². The van der Waals surface area contributed by atoms with Gasteiger partial charge in [-0.25, -0.2) is 4.42 Å². The van der Waals surface area contributed by atoms with Gasteiger partial charge in [-0.2, -0.15) is 0 Å². The van der Waals surface area contributed by atoms with Crippen molar-refractivity contribution in [3.8, 4) is 40.1 Å². The summed E-state index contributed by atoms with van der Waals surface area (Å²) in [5.41, 5.74) is 0.593. The number of unbranched alkanes of at least 4 members (excludes halogenated alkanes) is 1. The summed E-state index contributed by atoms with van der Waals surface area (Å²) in [6.45, 7) is 0.496. The Labute approximate surface area is 182 Å². The quantitative estimate of drug-likeness (QED) is 0.191. The largest absolute Gasteiger partial charge is 0.507 e. The first kappa shape index (κ1) is 21.0. The number of amides is 2. The second-order valence-electron chi connectivity index (χ2n) is 7.24. The third-order valence-corrected chi connectivity index (χ3v) is 4.99. The molecule has 2 aromatic carbocycles. The zero-order chi connectivity index (χ0) is 22.8. The average Bonchev–Trinajstić information content (AvgIpc) is 3.07. The number of rotatable bonds is 7. The predicted octanol–water partition coefficient (Wildman–Crippen LogP) is 3.29. The van der Waals surface area contributed by atoms with Crippen LogP contribution in [-0.4, -0.2) is 50.3 Å². The highest BCUT2D eigenvalue weighted by Gasteiger charge is 2.26. The van der Waals surface area contributed by atoms with Gasteiger partial charge in [-0.05, 0) is 25.0 Å². The molecule has 0 fully saturated rings. The molecular weight excluding hydrogens is 418 g/mol. The first-order valence-electron chi connectivity index (χ1n) is 9.85. The molecule has 9 nitrogen and oxygen atoms in total. The third-order valence-electron chi connectivity index (χ3n) is 4.99. The van der Waals surface area contributed by atoms with Crippen molar-refractivity contribution in [2.45, 2.75) is 12.8 Å². The lowest BCUT2D eigenvalue weighted by Gasteiger charge is -2.13. The Morgan fingerprint density at radius 1 is 0.844 bits per heavy atom. The third kappa shape index (κ3) is 4.13. The topological polar surface area (TPSA) is 139 Å². The van der Waals surface area contributed by atoms with Crippen molar-refractivity contribution < 1.29 is 39.2 Å². The number of nitrogens with zero attached hydrogens (tertiary/aromatic N) is 1. The lowest BCUT2D eigenvalue weighted by molar-refractivity contribution is -0.136. The monoisotopic (exact) mass is 438 g/mol. The predicted molar refractivity (Wildman–Crippen MR) is 113 cm³/mol. The van der Waals surface area contributed by atoms with E-state index < -0.39 is 0 Å². The van der Waals surface area contributed by atoms with Crippen molar-refractivity contribution >= 4 is 22.8 Å². The maximum absolute atomic E-state index is 11.6. The summed E-state index contributed by atoms with van der Waals surface area (Å²) in [5, 5.41) is 39.7. The first-order chi connectivity index (χ1) is 15.3. The Kier molecular flexibility index (Phi) is 5.55. The summed E-state index contributed by atoms with van der Waals surface area (Å²) in [4.78, 5) is 24.3. The number of hydrogen-bond donors (Lipinski definition) is 4. The van der Waals surface area contributed by atoms with E-state index in [0.29, 0.717) is 23.8 Å². The number of fused-ring (bicyclic) bond motifs is 1. The van der Waals surface area contributed by atoms with Gasteiger partial charge in [0.1, 0.15) is 16.9 Å². The molecule has 0 unspecified atom stereocenters. The summed E-state index contributed by atoms with van der Waals surface area (Å²) in [5.74, 6) is -1.23. The lowest BCUT2D eigenvalue weighted by atomic mass is 10.1. The second kappa shape index (κ2) is 8.46. The zero-order valence-electron chi connectivity index (χ0n) is 16.8. The number of imide groups is 1. The molecule has 0 saturated heterocycles. The molecule has 164 valence electrons. The summed E-state index contributed by atoms with van der Waals surface area (Å²) in [6, 6.07) is 8.17. The van der Waals surface area contributed by atoms with E-state index in [9.17, 15) is 30.0 Å². The molecule has 1 aliphatic rings. The Hall–Kier alpha value is -4.27. The molecule has 1 aromatic heterocycles. The van der Waals surface area contributed by atoms with Gasteiger partial charge in [-0.3, -0.25) is 14.5 Å². The molecule has 0 atom stereocenters. The van der Waals surface area contributed by atoms with Crippen molar-refractivity contribution in [3.05, 3.63) is 48.6 Å². The lowest BCUT2D eigenvalue weighted by Crippen LogP contribution is -2.31. The molecule has 3 aromatic rings. The Balaban J connectivity index is 1.56. The van der Waals surface area contributed by atoms with Crippen LogP contribution < -0.4 is 4.74 Å². The minimum Gasteiger partial charge on any atom is -0.507 e. The van der Waals surface area contributed by atoms with Crippen molar-refractivity contribution in [1.29, 1.82) is 0 Å². The number of carbonyl (C=O) groups excluding carboxylic acids is 2. The maximum atomic E-state index is 11.6. The highest BCUT2D eigenvalue weighted by atomic mass is 16.5. The highest BCUT2D eigenvalue weighted by Crippen LogP contribution is 2.41. The summed E-state index contributed by atoms with van der Waals surface area (Å²) in [6.07, 6.45) is 3.52. The SMILES string of the molecule is O=C1C=CC(=O)N1CCCCOc1cc2c(O)cc(O)cc2[o+]c1-c1ccc(O)c(O)c1. The normalized spacial score (nSPS) is 13.3. The molecule has 32 heavy (non-hydrogen) atoms. The van der Waals surface area contributed by atoms with Gasteiger partial charge in [0, 0.05) is 36.9 Å². The molecule has 1 aliphatic heterocycles. The van der Waals surface area contributed by atoms with Gasteiger partial charge in [-0.1, -0.05) is 0 Å². The maximum Gasteiger partial charge on any atom is 0.402 e. The average molecular weight is 438 g/mol. The van der Waals surface area contributed by atoms with E-state index in [4.69, 9.17) is 9.15 Å². The van der Waals surface area contributed by atoms with Crippen molar-refractivity contribution in [3.63, 3.8) is 0 Å². The number of benzene rings is 2. The standard InChI is InChI=1S/C23H19NO8/c25-14-10-17(27)15-12-20(31-8-2-1-7-24-21(29)5-6-22(24)30)23(32-19(15)11-14)13-3-4-16(26)18(28)9-13/h3-6,9-12H,1-2,7-8H2,(H3-,25,26,27,28,29,30)/p+1. The minimum absolute atomic E-state index is 0.188. The van der Waals surface area contributed by atoms with E-state index >= 15 is 0 Å². The molecule has 0 saturated carbocycles. The molecule has 4 rings (SSSR count). The van der Waals surface area contributed by atoms with Crippen LogP contribution in [0.5, 0.6) is 28.7 Å². The summed E-state index contributed by atoms with van der Waals surface area (Å²) < 4.78 is 11.7. The van der Waals surface area contributed by atoms with Gasteiger partial charge >= 0.3 is 11.3 Å². The number of hydrogen-bond acceptors (Lipinski definition) is 7. The molecular formula is C23H20NO8+. The van der Waals surface area contributed by atoms with E-state index in [1.54, 1.807) is 6.07 Å². The van der Waals surface area contributed by atoms with Crippen LogP contribution in [0.25, 0.3) is 22.3 Å². The Morgan fingerprint density at radius 2 is 1.59 bits per heavy atom. The summed E-state index contributed by atoms with van der Waals surface area (Å²) >= 11 is 0. The number of aromatic hydroxyl groups is 4. The van der Waals surface area contributed by atoms with Gasteiger partial charge < -0.3 is 25.2 Å². The number of phenols is 4. The van der Waals surface area contributed by atoms with E-state index in [1.807, 2.05) is 0 Å². The zero-order valence-corrected chi connectivity index (χ0v) is 16.8. The Morgan fingerprint density at radius 3 is 2.31 bits per heavy atom. The van der Waals surface area contributed by atoms with Gasteiger partial charge in [0.2, 0.25) is 5.75 Å². The molecule has 2 amide bonds. The fourth-order valence-electron chi connectivity index (χ4n) is 3.36. The van der Waals surface area contributed by atoms with Crippen LogP contribution in [0.15, 0.2) is 53.0 Å². The van der Waals surface area contributed by atoms with E-state index in [-0.39, 0.29) is 65.1 Å². The summed E-state index contributed by atoms with van der Waals surface area (Å²) in [7, 11) is 0. The van der Waals surface area contributed by atoms with Gasteiger partial charge in [0.15, 0.2) is 11.5 Å².